The fourth-order valence-corrected chi connectivity index (χ4v) is 2.89. The molecule has 2 fully saturated rings. The van der Waals surface area contributed by atoms with Crippen LogP contribution in [0.4, 0.5) is 0 Å². The summed E-state index contributed by atoms with van der Waals surface area (Å²) >= 11 is 0. The van der Waals surface area contributed by atoms with Crippen LogP contribution in [-0.4, -0.2) is 22.2 Å². The molecule has 4 nitrogen and oxygen atoms in total. The quantitative estimate of drug-likeness (QED) is 0.850. The summed E-state index contributed by atoms with van der Waals surface area (Å²) in [6, 6.07) is 1.60. The van der Waals surface area contributed by atoms with E-state index in [2.05, 4.69) is 23.8 Å². The lowest BCUT2D eigenvalue weighted by atomic mass is 9.88. The summed E-state index contributed by atoms with van der Waals surface area (Å²) in [4.78, 5) is 19.1. The van der Waals surface area contributed by atoms with Crippen LogP contribution in [0.2, 0.25) is 0 Å². The maximum absolute atomic E-state index is 11.6. The fraction of sp³-hybridized carbons (Fsp3) is 0.692. The monoisotopic (exact) mass is 234 g/mol. The van der Waals surface area contributed by atoms with Crippen molar-refractivity contribution in [2.45, 2.75) is 57.2 Å². The molecule has 1 N–H and O–H groups in total. The van der Waals surface area contributed by atoms with Crippen molar-refractivity contribution in [2.24, 2.45) is 0 Å². The van der Waals surface area contributed by atoms with E-state index < -0.39 is 0 Å². The van der Waals surface area contributed by atoms with E-state index >= 15 is 0 Å². The summed E-state index contributed by atoms with van der Waals surface area (Å²) < 4.78 is 5.82. The van der Waals surface area contributed by atoms with E-state index in [1.165, 1.54) is 0 Å². The van der Waals surface area contributed by atoms with Crippen LogP contribution in [0.5, 0.6) is 0 Å². The van der Waals surface area contributed by atoms with Gasteiger partial charge in [0, 0.05) is 12.0 Å². The lowest BCUT2D eigenvalue weighted by Crippen LogP contribution is -2.22. The number of hydrogen-bond donors (Lipinski definition) is 1. The zero-order valence-electron chi connectivity index (χ0n) is 10.3. The highest BCUT2D eigenvalue weighted by Crippen LogP contribution is 2.43. The number of rotatable bonds is 2. The van der Waals surface area contributed by atoms with Crippen LogP contribution in [0.3, 0.4) is 0 Å². The zero-order chi connectivity index (χ0) is 12.0. The molecule has 2 aliphatic heterocycles. The van der Waals surface area contributed by atoms with E-state index in [0.717, 1.165) is 30.8 Å². The second-order valence-electron chi connectivity index (χ2n) is 5.43. The van der Waals surface area contributed by atoms with Gasteiger partial charge in [0.15, 0.2) is 0 Å². The average Bonchev–Trinajstić information content (AvgIpc) is 2.89. The van der Waals surface area contributed by atoms with E-state index in [9.17, 15) is 4.79 Å². The largest absolute Gasteiger partial charge is 0.374 e. The van der Waals surface area contributed by atoms with Crippen molar-refractivity contribution >= 4 is 0 Å². The first kappa shape index (κ1) is 11.0. The fourth-order valence-electron chi connectivity index (χ4n) is 2.89. The molecule has 3 atom stereocenters. The minimum Gasteiger partial charge on any atom is -0.374 e. The van der Waals surface area contributed by atoms with Gasteiger partial charge in [0.1, 0.15) is 5.82 Å². The Morgan fingerprint density at radius 1 is 1.47 bits per heavy atom. The van der Waals surface area contributed by atoms with Crippen molar-refractivity contribution in [3.05, 3.63) is 27.9 Å². The minimum atomic E-state index is -0.0403. The normalized spacial score (nSPS) is 31.4. The molecule has 3 unspecified atom stereocenters. The molecule has 1 aromatic rings. The topological polar surface area (TPSA) is 55.0 Å². The van der Waals surface area contributed by atoms with Crippen LogP contribution in [0.15, 0.2) is 10.9 Å². The predicted octanol–water partition coefficient (Wildman–Crippen LogP) is 1.93. The molecule has 0 aromatic carbocycles. The van der Waals surface area contributed by atoms with Crippen LogP contribution in [-0.2, 0) is 4.74 Å². The van der Waals surface area contributed by atoms with Crippen molar-refractivity contribution in [2.75, 3.05) is 0 Å². The van der Waals surface area contributed by atoms with E-state index in [1.54, 1.807) is 6.07 Å². The second-order valence-corrected chi connectivity index (χ2v) is 5.43. The summed E-state index contributed by atoms with van der Waals surface area (Å²) in [7, 11) is 0. The molecule has 0 radical (unpaired) electrons. The Hall–Kier alpha value is -1.16. The number of nitrogens with zero attached hydrogens (tertiary/aromatic N) is 1. The van der Waals surface area contributed by atoms with Gasteiger partial charge in [-0.1, -0.05) is 13.8 Å². The average molecular weight is 234 g/mol. The molecule has 0 amide bonds. The minimum absolute atomic E-state index is 0.0403. The Balaban J connectivity index is 1.95. The SMILES string of the molecule is CC(C)c1cc(=O)[nH]c(C2CC3CCC2O3)n1. The molecule has 92 valence electrons. The molecule has 2 saturated heterocycles. The first-order valence-electron chi connectivity index (χ1n) is 6.40. The molecule has 3 rings (SSSR count). The number of nitrogens with one attached hydrogen (secondary N) is 1. The molecular weight excluding hydrogens is 216 g/mol. The standard InChI is InChI=1S/C13H18N2O2/c1-7(2)10-6-12(16)15-13(14-10)9-5-8-3-4-11(9)17-8/h6-9,11H,3-5H2,1-2H3,(H,14,15,16). The molecule has 0 saturated carbocycles. The second kappa shape index (κ2) is 3.95. The van der Waals surface area contributed by atoms with Crippen LogP contribution in [0.25, 0.3) is 0 Å². The van der Waals surface area contributed by atoms with Gasteiger partial charge in [-0.2, -0.15) is 0 Å². The van der Waals surface area contributed by atoms with Crippen molar-refractivity contribution in [3.63, 3.8) is 0 Å². The van der Waals surface area contributed by atoms with Crippen LogP contribution >= 0.6 is 0 Å². The number of fused-ring (bicyclic) bond motifs is 2. The number of aromatic amines is 1. The van der Waals surface area contributed by atoms with Crippen LogP contribution < -0.4 is 5.56 Å². The van der Waals surface area contributed by atoms with Gasteiger partial charge >= 0.3 is 0 Å². The predicted molar refractivity (Wildman–Crippen MR) is 64.2 cm³/mol. The highest BCUT2D eigenvalue weighted by Gasteiger charge is 2.42. The first-order chi connectivity index (χ1) is 8.13. The Kier molecular flexibility index (Phi) is 2.54. The molecule has 1 aromatic heterocycles. The Labute approximate surface area is 100 Å². The van der Waals surface area contributed by atoms with Crippen molar-refractivity contribution in [1.29, 1.82) is 0 Å². The van der Waals surface area contributed by atoms with E-state index in [-0.39, 0.29) is 17.6 Å². The smallest absolute Gasteiger partial charge is 0.251 e. The van der Waals surface area contributed by atoms with E-state index in [1.807, 2.05) is 0 Å². The molecule has 17 heavy (non-hydrogen) atoms. The van der Waals surface area contributed by atoms with Gasteiger partial charge < -0.3 is 9.72 Å². The van der Waals surface area contributed by atoms with Gasteiger partial charge in [0.2, 0.25) is 0 Å². The van der Waals surface area contributed by atoms with Gasteiger partial charge in [0.25, 0.3) is 5.56 Å². The lowest BCUT2D eigenvalue weighted by Gasteiger charge is -2.18. The van der Waals surface area contributed by atoms with Crippen molar-refractivity contribution in [3.8, 4) is 0 Å². The van der Waals surface area contributed by atoms with E-state index in [0.29, 0.717) is 12.0 Å². The van der Waals surface area contributed by atoms with Gasteiger partial charge in [-0.3, -0.25) is 4.79 Å². The lowest BCUT2D eigenvalue weighted by molar-refractivity contribution is 0.0998. The summed E-state index contributed by atoms with van der Waals surface area (Å²) in [5.74, 6) is 1.41. The Morgan fingerprint density at radius 3 is 2.88 bits per heavy atom. The molecule has 3 heterocycles. The van der Waals surface area contributed by atoms with Gasteiger partial charge in [-0.25, -0.2) is 4.98 Å². The molecule has 2 aliphatic rings. The van der Waals surface area contributed by atoms with Crippen molar-refractivity contribution < 1.29 is 4.74 Å². The molecule has 0 aliphatic carbocycles. The Morgan fingerprint density at radius 2 is 2.29 bits per heavy atom. The van der Waals surface area contributed by atoms with Gasteiger partial charge in [-0.15, -0.1) is 0 Å². The molecular formula is C13H18N2O2. The van der Waals surface area contributed by atoms with Crippen molar-refractivity contribution in [1.82, 2.24) is 9.97 Å². The highest BCUT2D eigenvalue weighted by atomic mass is 16.5. The van der Waals surface area contributed by atoms with Gasteiger partial charge in [0.05, 0.1) is 17.9 Å². The van der Waals surface area contributed by atoms with Gasteiger partial charge in [-0.05, 0) is 25.2 Å². The molecule has 0 spiro atoms. The number of aromatic nitrogens is 2. The summed E-state index contributed by atoms with van der Waals surface area (Å²) in [5, 5.41) is 0. The molecule has 2 bridgehead atoms. The highest BCUT2D eigenvalue weighted by molar-refractivity contribution is 5.13. The maximum atomic E-state index is 11.6. The first-order valence-corrected chi connectivity index (χ1v) is 6.40. The third-order valence-corrected chi connectivity index (χ3v) is 3.83. The maximum Gasteiger partial charge on any atom is 0.251 e. The number of H-pyrrole nitrogens is 1. The third kappa shape index (κ3) is 1.90. The summed E-state index contributed by atoms with van der Waals surface area (Å²) in [5.41, 5.74) is 0.841. The number of ether oxygens (including phenoxy) is 1. The third-order valence-electron chi connectivity index (χ3n) is 3.83. The zero-order valence-corrected chi connectivity index (χ0v) is 10.3. The summed E-state index contributed by atoms with van der Waals surface area (Å²) in [6.07, 6.45) is 3.93. The molecule has 4 heteroatoms. The van der Waals surface area contributed by atoms with Crippen LogP contribution in [0.1, 0.15) is 56.5 Å². The van der Waals surface area contributed by atoms with Crippen LogP contribution in [0, 0.1) is 0 Å². The Bertz CT molecular complexity index is 481. The summed E-state index contributed by atoms with van der Waals surface area (Å²) in [6.45, 7) is 4.12. The number of hydrogen-bond acceptors (Lipinski definition) is 3. The van der Waals surface area contributed by atoms with E-state index in [4.69, 9.17) is 4.74 Å².